The minimum Gasteiger partial charge on any atom is -0.363 e. The third-order valence-corrected chi connectivity index (χ3v) is 5.47. The highest BCUT2D eigenvalue weighted by Gasteiger charge is 2.44. The molecule has 2 aliphatic heterocycles. The lowest BCUT2D eigenvalue weighted by Gasteiger charge is -2.47. The number of ether oxygens (including phenoxy) is 1. The zero-order valence-electron chi connectivity index (χ0n) is 14.6. The molecule has 0 bridgehead atoms. The van der Waals surface area contributed by atoms with E-state index in [-0.39, 0.29) is 24.0 Å². The van der Waals surface area contributed by atoms with Crippen LogP contribution in [0, 0.1) is 12.8 Å². The van der Waals surface area contributed by atoms with Gasteiger partial charge in [0.1, 0.15) is 12.3 Å². The molecular weight excluding hydrogens is 320 g/mol. The van der Waals surface area contributed by atoms with Gasteiger partial charge >= 0.3 is 0 Å². The fourth-order valence-corrected chi connectivity index (χ4v) is 3.65. The first kappa shape index (κ1) is 16.4. The maximum absolute atomic E-state index is 12.6. The predicted octanol–water partition coefficient (Wildman–Crippen LogP) is 1.03. The van der Waals surface area contributed by atoms with Crippen LogP contribution in [0.1, 0.15) is 41.9 Å². The Morgan fingerprint density at radius 2 is 2.04 bits per heavy atom. The zero-order valence-corrected chi connectivity index (χ0v) is 14.6. The molecule has 134 valence electrons. The molecule has 1 aromatic rings. The predicted molar refractivity (Wildman–Crippen MR) is 89.9 cm³/mol. The fraction of sp³-hybridized carbons (Fsp3) is 0.667. The first-order chi connectivity index (χ1) is 12.0. The molecule has 1 aromatic heterocycles. The quantitative estimate of drug-likeness (QED) is 0.819. The van der Waals surface area contributed by atoms with Gasteiger partial charge in [-0.2, -0.15) is 0 Å². The molecule has 1 spiro atoms. The monoisotopic (exact) mass is 344 g/mol. The highest BCUT2D eigenvalue weighted by molar-refractivity contribution is 5.92. The molecule has 0 unspecified atom stereocenters. The molecule has 0 aromatic carbocycles. The van der Waals surface area contributed by atoms with E-state index in [0.717, 1.165) is 25.1 Å². The summed E-state index contributed by atoms with van der Waals surface area (Å²) in [5.74, 6) is 0.705. The highest BCUT2D eigenvalue weighted by atomic mass is 16.5. The van der Waals surface area contributed by atoms with Crippen LogP contribution in [0.25, 0.3) is 0 Å². The second kappa shape index (κ2) is 6.37. The average Bonchev–Trinajstić information content (AvgIpc) is 3.43. The topological polar surface area (TPSA) is 75.6 Å². The molecular formula is C18H24N4O3. The van der Waals surface area contributed by atoms with Crippen LogP contribution >= 0.6 is 0 Å². The number of morpholine rings is 1. The zero-order chi connectivity index (χ0) is 17.4. The van der Waals surface area contributed by atoms with Crippen molar-refractivity contribution in [1.29, 1.82) is 0 Å². The van der Waals surface area contributed by atoms with E-state index < -0.39 is 0 Å². The van der Waals surface area contributed by atoms with E-state index in [0.29, 0.717) is 31.2 Å². The van der Waals surface area contributed by atoms with E-state index in [1.54, 1.807) is 6.20 Å². The second-order valence-corrected chi connectivity index (χ2v) is 7.52. The summed E-state index contributed by atoms with van der Waals surface area (Å²) >= 11 is 0. The number of aromatic nitrogens is 2. The van der Waals surface area contributed by atoms with Gasteiger partial charge in [-0.15, -0.1) is 0 Å². The first-order valence-corrected chi connectivity index (χ1v) is 9.04. The molecule has 0 N–H and O–H groups in total. The van der Waals surface area contributed by atoms with Crippen molar-refractivity contribution >= 4 is 11.8 Å². The number of aryl methyl sites for hydroxylation is 1. The summed E-state index contributed by atoms with van der Waals surface area (Å²) in [6.45, 7) is 4.80. The van der Waals surface area contributed by atoms with E-state index in [4.69, 9.17) is 4.74 Å². The molecule has 7 nitrogen and oxygen atoms in total. The Balaban J connectivity index is 1.37. The second-order valence-electron chi connectivity index (χ2n) is 7.52. The molecule has 1 saturated carbocycles. The molecule has 2 saturated heterocycles. The lowest BCUT2D eigenvalue weighted by Crippen LogP contribution is -2.59. The maximum atomic E-state index is 12.6. The number of hydrogen-bond acceptors (Lipinski definition) is 5. The summed E-state index contributed by atoms with van der Waals surface area (Å²) in [7, 11) is 0. The number of hydrogen-bond donors (Lipinski definition) is 0. The van der Waals surface area contributed by atoms with Gasteiger partial charge in [0.05, 0.1) is 17.5 Å². The third-order valence-electron chi connectivity index (χ3n) is 5.47. The first-order valence-electron chi connectivity index (χ1n) is 9.04. The fourth-order valence-electron chi connectivity index (χ4n) is 3.65. The number of carbonyl (C=O) groups is 2. The summed E-state index contributed by atoms with van der Waals surface area (Å²) in [5, 5.41) is 0. The van der Waals surface area contributed by atoms with Gasteiger partial charge in [0.25, 0.3) is 5.91 Å². The van der Waals surface area contributed by atoms with Gasteiger partial charge in [0.2, 0.25) is 5.91 Å². The number of amides is 2. The van der Waals surface area contributed by atoms with E-state index in [2.05, 4.69) is 9.97 Å². The van der Waals surface area contributed by atoms with Crippen LogP contribution in [-0.2, 0) is 9.53 Å². The molecule has 0 radical (unpaired) electrons. The maximum Gasteiger partial charge on any atom is 0.274 e. The third kappa shape index (κ3) is 3.51. The number of rotatable bonds is 3. The van der Waals surface area contributed by atoms with Crippen LogP contribution in [0.5, 0.6) is 0 Å². The molecule has 7 heteroatoms. The Hall–Kier alpha value is -2.02. The number of likely N-dealkylation sites (tertiary alicyclic amines) is 1. The van der Waals surface area contributed by atoms with E-state index >= 15 is 0 Å². The lowest BCUT2D eigenvalue weighted by molar-refractivity contribution is -0.170. The average molecular weight is 344 g/mol. The van der Waals surface area contributed by atoms with Gasteiger partial charge in [-0.25, -0.2) is 4.98 Å². The molecule has 25 heavy (non-hydrogen) atoms. The number of nitrogens with zero attached hydrogens (tertiary/aromatic N) is 4. The molecule has 1 aliphatic carbocycles. The molecule has 2 amide bonds. The Kier molecular flexibility index (Phi) is 4.19. The highest BCUT2D eigenvalue weighted by Crippen LogP contribution is 2.34. The summed E-state index contributed by atoms with van der Waals surface area (Å²) in [5.41, 5.74) is 0.889. The van der Waals surface area contributed by atoms with Gasteiger partial charge < -0.3 is 14.5 Å². The number of carbonyl (C=O) groups excluding carboxylic acids is 2. The van der Waals surface area contributed by atoms with Crippen molar-refractivity contribution in [2.45, 2.75) is 38.2 Å². The molecule has 3 fully saturated rings. The minimum atomic E-state index is -0.293. The van der Waals surface area contributed by atoms with Gasteiger partial charge in [-0.05, 0) is 38.5 Å². The normalized spacial score (nSPS) is 23.2. The van der Waals surface area contributed by atoms with Crippen molar-refractivity contribution in [3.8, 4) is 0 Å². The van der Waals surface area contributed by atoms with E-state index in [1.807, 2.05) is 16.7 Å². The van der Waals surface area contributed by atoms with E-state index in [1.165, 1.54) is 19.0 Å². The van der Waals surface area contributed by atoms with Crippen LogP contribution in [0.3, 0.4) is 0 Å². The van der Waals surface area contributed by atoms with Gasteiger partial charge in [-0.1, -0.05) is 0 Å². The SMILES string of the molecule is Cc1cnc(C(=O)N2CCC3(CC2)CN(CC2CC2)C(=O)CO3)cn1. The van der Waals surface area contributed by atoms with Crippen LogP contribution in [0.4, 0.5) is 0 Å². The van der Waals surface area contributed by atoms with Crippen LogP contribution < -0.4 is 0 Å². The summed E-state index contributed by atoms with van der Waals surface area (Å²) < 4.78 is 5.94. The van der Waals surface area contributed by atoms with Crippen molar-refractivity contribution in [2.75, 3.05) is 32.8 Å². The Morgan fingerprint density at radius 3 is 2.68 bits per heavy atom. The standard InChI is InChI=1S/C18H24N4O3/c1-13-8-20-15(9-19-13)17(24)21-6-4-18(5-7-21)12-22(10-14-2-3-14)16(23)11-25-18/h8-9,14H,2-7,10-12H2,1H3. The summed E-state index contributed by atoms with van der Waals surface area (Å²) in [4.78, 5) is 36.8. The van der Waals surface area contributed by atoms with Crippen molar-refractivity contribution in [3.63, 3.8) is 0 Å². The van der Waals surface area contributed by atoms with Crippen LogP contribution in [0.2, 0.25) is 0 Å². The van der Waals surface area contributed by atoms with Crippen molar-refractivity contribution in [1.82, 2.24) is 19.8 Å². The van der Waals surface area contributed by atoms with Crippen LogP contribution in [-0.4, -0.2) is 70.0 Å². The van der Waals surface area contributed by atoms with Crippen LogP contribution in [0.15, 0.2) is 12.4 Å². The molecule has 4 rings (SSSR count). The lowest BCUT2D eigenvalue weighted by atomic mass is 9.89. The molecule has 3 heterocycles. The van der Waals surface area contributed by atoms with Crippen molar-refractivity contribution < 1.29 is 14.3 Å². The summed E-state index contributed by atoms with van der Waals surface area (Å²) in [6, 6.07) is 0. The molecule has 0 atom stereocenters. The van der Waals surface area contributed by atoms with Gasteiger partial charge in [0.15, 0.2) is 0 Å². The Morgan fingerprint density at radius 1 is 1.28 bits per heavy atom. The molecule has 3 aliphatic rings. The minimum absolute atomic E-state index is 0.0796. The summed E-state index contributed by atoms with van der Waals surface area (Å²) in [6.07, 6.45) is 7.13. The van der Waals surface area contributed by atoms with Crippen molar-refractivity contribution in [3.05, 3.63) is 23.8 Å². The van der Waals surface area contributed by atoms with Gasteiger partial charge in [0, 0.05) is 32.4 Å². The number of piperidine rings is 1. The largest absolute Gasteiger partial charge is 0.363 e. The van der Waals surface area contributed by atoms with E-state index in [9.17, 15) is 9.59 Å². The van der Waals surface area contributed by atoms with Crippen molar-refractivity contribution in [2.24, 2.45) is 5.92 Å². The smallest absolute Gasteiger partial charge is 0.274 e. The van der Waals surface area contributed by atoms with Gasteiger partial charge in [-0.3, -0.25) is 14.6 Å². The Bertz CT molecular complexity index is 663. The Labute approximate surface area is 147 Å².